The fourth-order valence-corrected chi connectivity index (χ4v) is 2.36. The number of H-pyrrole nitrogens is 1. The van der Waals surface area contributed by atoms with Crippen LogP contribution in [0.15, 0.2) is 53.3 Å². The van der Waals surface area contributed by atoms with E-state index in [1.807, 2.05) is 30.5 Å². The van der Waals surface area contributed by atoms with Gasteiger partial charge in [-0.15, -0.1) is 0 Å². The van der Waals surface area contributed by atoms with E-state index >= 15 is 0 Å². The molecule has 0 spiro atoms. The third-order valence-electron chi connectivity index (χ3n) is 3.21. The summed E-state index contributed by atoms with van der Waals surface area (Å²) in [5, 5.41) is 11.9. The lowest BCUT2D eigenvalue weighted by Gasteiger charge is -2.09. The first kappa shape index (κ1) is 11.5. The number of nitro groups is 1. The Bertz CT molecular complexity index is 700. The van der Waals surface area contributed by atoms with Crippen molar-refractivity contribution in [3.8, 4) is 0 Å². The number of fused-ring (bicyclic) bond motifs is 1. The molecule has 2 heterocycles. The third-order valence-corrected chi connectivity index (χ3v) is 3.21. The van der Waals surface area contributed by atoms with Crippen molar-refractivity contribution in [1.82, 2.24) is 4.98 Å². The molecule has 19 heavy (non-hydrogen) atoms. The number of hydrogen-bond donors (Lipinski definition) is 1. The minimum absolute atomic E-state index is 0.185. The Balaban J connectivity index is 2.11. The normalized spacial score (nSPS) is 12.6. The van der Waals surface area contributed by atoms with Crippen LogP contribution < -0.4 is 0 Å². The summed E-state index contributed by atoms with van der Waals surface area (Å²) < 4.78 is 5.35. The summed E-state index contributed by atoms with van der Waals surface area (Å²) in [4.78, 5) is 13.7. The number of aromatic nitrogens is 1. The predicted molar refractivity (Wildman–Crippen MR) is 70.7 cm³/mol. The van der Waals surface area contributed by atoms with Crippen molar-refractivity contribution in [3.63, 3.8) is 0 Å². The van der Waals surface area contributed by atoms with Gasteiger partial charge in [0.2, 0.25) is 6.54 Å². The molecule has 1 aromatic carbocycles. The molecule has 1 N–H and O–H groups in total. The summed E-state index contributed by atoms with van der Waals surface area (Å²) in [6, 6.07) is 11.3. The summed E-state index contributed by atoms with van der Waals surface area (Å²) >= 11 is 0. The first-order chi connectivity index (χ1) is 9.25. The molecule has 0 aliphatic rings. The molecule has 0 fully saturated rings. The summed E-state index contributed by atoms with van der Waals surface area (Å²) in [6.07, 6.45) is 3.36. The molecule has 0 amide bonds. The van der Waals surface area contributed by atoms with Crippen LogP contribution >= 0.6 is 0 Å². The SMILES string of the molecule is O=[N+]([O-])CC(c1ccco1)c1c[nH]c2ccccc12. The highest BCUT2D eigenvalue weighted by molar-refractivity contribution is 5.84. The van der Waals surface area contributed by atoms with E-state index < -0.39 is 0 Å². The Labute approximate surface area is 109 Å². The van der Waals surface area contributed by atoms with Crippen LogP contribution in [0.1, 0.15) is 17.2 Å². The molecule has 96 valence electrons. The van der Waals surface area contributed by atoms with Gasteiger partial charge in [0.1, 0.15) is 11.7 Å². The van der Waals surface area contributed by atoms with E-state index in [-0.39, 0.29) is 17.4 Å². The largest absolute Gasteiger partial charge is 0.468 e. The number of para-hydroxylation sites is 1. The first-order valence-electron chi connectivity index (χ1n) is 5.97. The van der Waals surface area contributed by atoms with E-state index in [1.54, 1.807) is 12.1 Å². The smallest absolute Gasteiger partial charge is 0.217 e. The van der Waals surface area contributed by atoms with E-state index in [0.717, 1.165) is 16.5 Å². The van der Waals surface area contributed by atoms with Crippen LogP contribution in [0.5, 0.6) is 0 Å². The zero-order valence-electron chi connectivity index (χ0n) is 10.1. The van der Waals surface area contributed by atoms with Gasteiger partial charge in [0, 0.05) is 22.0 Å². The van der Waals surface area contributed by atoms with Gasteiger partial charge in [-0.25, -0.2) is 0 Å². The molecule has 3 aromatic rings. The fraction of sp³-hybridized carbons (Fsp3) is 0.143. The minimum atomic E-state index is -0.374. The average Bonchev–Trinajstić information content (AvgIpc) is 3.05. The lowest BCUT2D eigenvalue weighted by atomic mass is 9.96. The van der Waals surface area contributed by atoms with Crippen molar-refractivity contribution in [1.29, 1.82) is 0 Å². The van der Waals surface area contributed by atoms with E-state index in [4.69, 9.17) is 4.42 Å². The van der Waals surface area contributed by atoms with E-state index in [0.29, 0.717) is 5.76 Å². The summed E-state index contributed by atoms with van der Waals surface area (Å²) in [6.45, 7) is -0.185. The number of aromatic amines is 1. The monoisotopic (exact) mass is 256 g/mol. The Kier molecular flexibility index (Phi) is 2.79. The van der Waals surface area contributed by atoms with Gasteiger partial charge in [-0.2, -0.15) is 0 Å². The number of furan rings is 1. The molecule has 3 rings (SSSR count). The van der Waals surface area contributed by atoms with Gasteiger partial charge in [-0.05, 0) is 23.8 Å². The van der Waals surface area contributed by atoms with E-state index in [9.17, 15) is 10.1 Å². The van der Waals surface area contributed by atoms with Gasteiger partial charge < -0.3 is 9.40 Å². The van der Waals surface area contributed by atoms with Crippen LogP contribution in [-0.2, 0) is 0 Å². The molecule has 0 bridgehead atoms. The molecule has 0 aliphatic heterocycles. The van der Waals surface area contributed by atoms with Crippen molar-refractivity contribution in [2.45, 2.75) is 5.92 Å². The molecule has 5 heteroatoms. The van der Waals surface area contributed by atoms with Crippen molar-refractivity contribution in [3.05, 3.63) is 70.3 Å². The van der Waals surface area contributed by atoms with Crippen LogP contribution in [0.4, 0.5) is 0 Å². The van der Waals surface area contributed by atoms with Gasteiger partial charge in [0.15, 0.2) is 0 Å². The summed E-state index contributed by atoms with van der Waals surface area (Å²) in [5.74, 6) is 0.239. The molecule has 0 aliphatic carbocycles. The van der Waals surface area contributed by atoms with Crippen LogP contribution in [-0.4, -0.2) is 16.5 Å². The molecular formula is C14H12N2O3. The quantitative estimate of drug-likeness (QED) is 0.575. The maximum absolute atomic E-state index is 10.9. The molecule has 0 saturated carbocycles. The van der Waals surface area contributed by atoms with Gasteiger partial charge in [0.05, 0.1) is 6.26 Å². The average molecular weight is 256 g/mol. The first-order valence-corrected chi connectivity index (χ1v) is 5.97. The Morgan fingerprint density at radius 1 is 1.26 bits per heavy atom. The zero-order valence-corrected chi connectivity index (χ0v) is 10.1. The second kappa shape index (κ2) is 4.61. The number of nitrogens with zero attached hydrogens (tertiary/aromatic N) is 1. The predicted octanol–water partition coefficient (Wildman–Crippen LogP) is 3.17. The highest BCUT2D eigenvalue weighted by Gasteiger charge is 2.25. The van der Waals surface area contributed by atoms with Gasteiger partial charge in [-0.3, -0.25) is 10.1 Å². The number of nitrogens with one attached hydrogen (secondary N) is 1. The summed E-state index contributed by atoms with van der Waals surface area (Å²) in [5.41, 5.74) is 1.86. The molecule has 2 aromatic heterocycles. The lowest BCUT2D eigenvalue weighted by Crippen LogP contribution is -2.13. The van der Waals surface area contributed by atoms with Crippen molar-refractivity contribution in [2.75, 3.05) is 6.54 Å². The fourth-order valence-electron chi connectivity index (χ4n) is 2.36. The molecule has 5 nitrogen and oxygen atoms in total. The second-order valence-corrected chi connectivity index (χ2v) is 4.37. The number of rotatable bonds is 4. The Morgan fingerprint density at radius 3 is 2.84 bits per heavy atom. The van der Waals surface area contributed by atoms with E-state index in [2.05, 4.69) is 4.98 Å². The van der Waals surface area contributed by atoms with Crippen LogP contribution in [0.3, 0.4) is 0 Å². The van der Waals surface area contributed by atoms with Crippen LogP contribution in [0.2, 0.25) is 0 Å². The maximum Gasteiger partial charge on any atom is 0.217 e. The van der Waals surface area contributed by atoms with Gasteiger partial charge in [0.25, 0.3) is 0 Å². The van der Waals surface area contributed by atoms with Crippen LogP contribution in [0, 0.1) is 10.1 Å². The molecular weight excluding hydrogens is 244 g/mol. The molecule has 0 radical (unpaired) electrons. The number of hydrogen-bond acceptors (Lipinski definition) is 3. The maximum atomic E-state index is 10.9. The Morgan fingerprint density at radius 2 is 2.11 bits per heavy atom. The van der Waals surface area contributed by atoms with Gasteiger partial charge >= 0.3 is 0 Å². The summed E-state index contributed by atoms with van der Waals surface area (Å²) in [7, 11) is 0. The van der Waals surface area contributed by atoms with Crippen molar-refractivity contribution < 1.29 is 9.34 Å². The highest BCUT2D eigenvalue weighted by atomic mass is 16.6. The Hall–Kier alpha value is -2.56. The van der Waals surface area contributed by atoms with Crippen molar-refractivity contribution >= 4 is 10.9 Å². The highest BCUT2D eigenvalue weighted by Crippen LogP contribution is 2.31. The minimum Gasteiger partial charge on any atom is -0.468 e. The molecule has 1 atom stereocenters. The third kappa shape index (κ3) is 2.10. The zero-order chi connectivity index (χ0) is 13.2. The standard InChI is InChI=1S/C14H12N2O3/c17-16(18)9-12(14-6-3-7-19-14)11-8-15-13-5-2-1-4-10(11)13/h1-8,12,15H,9H2. The van der Waals surface area contributed by atoms with Crippen molar-refractivity contribution in [2.24, 2.45) is 0 Å². The number of benzene rings is 1. The topological polar surface area (TPSA) is 72.1 Å². The van der Waals surface area contributed by atoms with E-state index in [1.165, 1.54) is 6.26 Å². The second-order valence-electron chi connectivity index (χ2n) is 4.37. The lowest BCUT2D eigenvalue weighted by molar-refractivity contribution is -0.482. The molecule has 1 unspecified atom stereocenters. The van der Waals surface area contributed by atoms with Gasteiger partial charge in [-0.1, -0.05) is 18.2 Å². The molecule has 0 saturated heterocycles. The van der Waals surface area contributed by atoms with Crippen LogP contribution in [0.25, 0.3) is 10.9 Å².